The summed E-state index contributed by atoms with van der Waals surface area (Å²) in [6.45, 7) is 1.73. The van der Waals surface area contributed by atoms with Crippen molar-refractivity contribution in [1.29, 1.82) is 0 Å². The maximum atomic E-state index is 14.6. The first-order chi connectivity index (χ1) is 18.0. The van der Waals surface area contributed by atoms with Crippen molar-refractivity contribution in [2.24, 2.45) is 0 Å². The van der Waals surface area contributed by atoms with Crippen molar-refractivity contribution < 1.29 is 18.7 Å². The fourth-order valence-corrected chi connectivity index (χ4v) is 4.83. The molecular formula is C28H20FN3O4S. The third-order valence-corrected chi connectivity index (χ3v) is 6.58. The molecular weight excluding hydrogens is 493 g/mol. The molecule has 0 aliphatic carbocycles. The molecule has 0 radical (unpaired) electrons. The van der Waals surface area contributed by atoms with Crippen molar-refractivity contribution in [3.8, 4) is 16.8 Å². The van der Waals surface area contributed by atoms with E-state index in [0.717, 1.165) is 27.1 Å². The molecule has 0 saturated heterocycles. The number of fused-ring (bicyclic) bond motifs is 1. The Morgan fingerprint density at radius 1 is 0.973 bits per heavy atom. The highest BCUT2D eigenvalue weighted by atomic mass is 32.1. The van der Waals surface area contributed by atoms with Crippen LogP contribution in [0.3, 0.4) is 0 Å². The van der Waals surface area contributed by atoms with Gasteiger partial charge in [-0.3, -0.25) is 9.59 Å². The van der Waals surface area contributed by atoms with E-state index in [1.807, 2.05) is 42.5 Å². The molecule has 2 heterocycles. The molecule has 5 rings (SSSR count). The Morgan fingerprint density at radius 3 is 2.35 bits per heavy atom. The Kier molecular flexibility index (Phi) is 6.61. The highest BCUT2D eigenvalue weighted by Crippen LogP contribution is 2.31. The van der Waals surface area contributed by atoms with E-state index in [-0.39, 0.29) is 33.8 Å². The van der Waals surface area contributed by atoms with Crippen molar-refractivity contribution in [3.05, 3.63) is 112 Å². The Morgan fingerprint density at radius 2 is 1.65 bits per heavy atom. The van der Waals surface area contributed by atoms with Gasteiger partial charge in [-0.1, -0.05) is 54.6 Å². The normalized spacial score (nSPS) is 10.9. The first-order valence-corrected chi connectivity index (χ1v) is 12.3. The molecule has 0 saturated carbocycles. The second kappa shape index (κ2) is 10.2. The zero-order valence-electron chi connectivity index (χ0n) is 19.6. The maximum Gasteiger partial charge on any atom is 0.359 e. The minimum Gasteiger partial charge on any atom is -0.461 e. The molecule has 3 aromatic carbocycles. The van der Waals surface area contributed by atoms with Gasteiger partial charge in [0.1, 0.15) is 16.5 Å². The van der Waals surface area contributed by atoms with Crippen LogP contribution in [0.4, 0.5) is 9.39 Å². The van der Waals surface area contributed by atoms with Crippen LogP contribution in [0.25, 0.3) is 27.6 Å². The average Bonchev–Trinajstić information content (AvgIpc) is 3.34. The van der Waals surface area contributed by atoms with E-state index in [9.17, 15) is 18.8 Å². The number of benzene rings is 3. The molecule has 0 fully saturated rings. The first-order valence-electron chi connectivity index (χ1n) is 11.4. The van der Waals surface area contributed by atoms with E-state index in [1.54, 1.807) is 30.5 Å². The van der Waals surface area contributed by atoms with Crippen LogP contribution < -0.4 is 10.9 Å². The molecule has 0 aliphatic heterocycles. The summed E-state index contributed by atoms with van der Waals surface area (Å²) >= 11 is 1.07. The topological polar surface area (TPSA) is 90.3 Å². The molecule has 1 N–H and O–H groups in total. The minimum atomic E-state index is -0.759. The number of anilines is 1. The van der Waals surface area contributed by atoms with Crippen LogP contribution >= 0.6 is 11.3 Å². The second-order valence-electron chi connectivity index (χ2n) is 7.99. The number of ether oxygens (including phenoxy) is 1. The molecule has 7 nitrogen and oxygen atoms in total. The van der Waals surface area contributed by atoms with Crippen molar-refractivity contribution in [1.82, 2.24) is 9.78 Å². The van der Waals surface area contributed by atoms with E-state index in [2.05, 4.69) is 10.4 Å². The van der Waals surface area contributed by atoms with E-state index in [0.29, 0.717) is 5.56 Å². The molecule has 0 spiro atoms. The average molecular weight is 514 g/mol. The summed E-state index contributed by atoms with van der Waals surface area (Å²) in [5, 5.41) is 8.92. The lowest BCUT2D eigenvalue weighted by molar-refractivity contribution is 0.0519. The third-order valence-electron chi connectivity index (χ3n) is 5.68. The second-order valence-corrected chi connectivity index (χ2v) is 8.87. The number of halogens is 1. The number of para-hydroxylation sites is 1. The van der Waals surface area contributed by atoms with Crippen molar-refractivity contribution in [2.45, 2.75) is 6.92 Å². The fourth-order valence-electron chi connectivity index (χ4n) is 3.90. The number of aromatic nitrogens is 2. The molecule has 0 aliphatic rings. The minimum absolute atomic E-state index is 0.0422. The molecule has 5 aromatic rings. The van der Waals surface area contributed by atoms with Gasteiger partial charge in [-0.15, -0.1) is 11.3 Å². The Hall–Kier alpha value is -4.63. The number of carbonyl (C=O) groups is 2. The van der Waals surface area contributed by atoms with Gasteiger partial charge in [-0.05, 0) is 42.3 Å². The van der Waals surface area contributed by atoms with Gasteiger partial charge >= 0.3 is 5.97 Å². The van der Waals surface area contributed by atoms with Gasteiger partial charge in [0.05, 0.1) is 12.0 Å². The highest BCUT2D eigenvalue weighted by Gasteiger charge is 2.24. The lowest BCUT2D eigenvalue weighted by Crippen LogP contribution is -2.26. The van der Waals surface area contributed by atoms with Crippen molar-refractivity contribution >= 4 is 39.0 Å². The van der Waals surface area contributed by atoms with Gasteiger partial charge in [-0.25, -0.2) is 9.18 Å². The van der Waals surface area contributed by atoms with Crippen molar-refractivity contribution in [3.63, 3.8) is 0 Å². The van der Waals surface area contributed by atoms with Gasteiger partial charge < -0.3 is 10.1 Å². The number of hydrogen-bond donors (Lipinski definition) is 1. The van der Waals surface area contributed by atoms with E-state index in [1.165, 1.54) is 18.2 Å². The van der Waals surface area contributed by atoms with Crippen LogP contribution in [0.1, 0.15) is 27.8 Å². The third kappa shape index (κ3) is 4.64. The zero-order chi connectivity index (χ0) is 25.9. The number of nitrogens with one attached hydrogen (secondary N) is 1. The van der Waals surface area contributed by atoms with E-state index >= 15 is 0 Å². The summed E-state index contributed by atoms with van der Waals surface area (Å²) in [5.41, 5.74) is 1.41. The smallest absolute Gasteiger partial charge is 0.359 e. The number of nitrogens with zero attached hydrogens (tertiary/aromatic N) is 2. The summed E-state index contributed by atoms with van der Waals surface area (Å²) in [4.78, 5) is 39.2. The summed E-state index contributed by atoms with van der Waals surface area (Å²) in [6, 6.07) is 22.4. The van der Waals surface area contributed by atoms with Gasteiger partial charge in [0.25, 0.3) is 11.5 Å². The summed E-state index contributed by atoms with van der Waals surface area (Å²) in [6.07, 6.45) is 0. The SMILES string of the molecule is CCOC(=O)c1nn(-c2ccccc2F)c(=O)c2c(NC(=O)c3ccc(-c4ccccc4)cc3)scc12. The van der Waals surface area contributed by atoms with Gasteiger partial charge in [0, 0.05) is 16.3 Å². The summed E-state index contributed by atoms with van der Waals surface area (Å²) in [7, 11) is 0. The number of thiophene rings is 1. The number of carbonyl (C=O) groups excluding carboxylic acids is 2. The highest BCUT2D eigenvalue weighted by molar-refractivity contribution is 7.16. The molecule has 9 heteroatoms. The summed E-state index contributed by atoms with van der Waals surface area (Å²) < 4.78 is 20.5. The van der Waals surface area contributed by atoms with Crippen LogP contribution in [-0.4, -0.2) is 28.3 Å². The van der Waals surface area contributed by atoms with Gasteiger partial charge in [0.15, 0.2) is 5.69 Å². The zero-order valence-corrected chi connectivity index (χ0v) is 20.4. The monoisotopic (exact) mass is 513 g/mol. The lowest BCUT2D eigenvalue weighted by Gasteiger charge is -2.10. The van der Waals surface area contributed by atoms with Crippen LogP contribution in [0, 0.1) is 5.82 Å². The number of rotatable bonds is 6. The number of amides is 1. The molecule has 0 atom stereocenters. The summed E-state index contributed by atoms with van der Waals surface area (Å²) in [5.74, 6) is -1.88. The standard InChI is InChI=1S/C28H20FN3O4S/c1-2-36-28(35)24-20-16-37-26(23(20)27(34)32(31-24)22-11-7-6-10-21(22)29)30-25(33)19-14-12-18(13-15-19)17-8-4-3-5-9-17/h3-16H,2H2,1H3,(H,30,33). The number of esters is 1. The Balaban J connectivity index is 1.56. The fraction of sp³-hybridized carbons (Fsp3) is 0.0714. The Labute approximate surface area is 214 Å². The molecule has 0 bridgehead atoms. The quantitative estimate of drug-likeness (QED) is 0.295. The molecule has 184 valence electrons. The van der Waals surface area contributed by atoms with Gasteiger partial charge in [-0.2, -0.15) is 9.78 Å². The van der Waals surface area contributed by atoms with Crippen LogP contribution in [-0.2, 0) is 4.74 Å². The Bertz CT molecular complexity index is 1680. The maximum absolute atomic E-state index is 14.6. The largest absolute Gasteiger partial charge is 0.461 e. The molecule has 1 amide bonds. The predicted molar refractivity (Wildman–Crippen MR) is 141 cm³/mol. The number of hydrogen-bond acceptors (Lipinski definition) is 6. The van der Waals surface area contributed by atoms with Crippen molar-refractivity contribution in [2.75, 3.05) is 11.9 Å². The molecule has 37 heavy (non-hydrogen) atoms. The van der Waals surface area contributed by atoms with E-state index in [4.69, 9.17) is 4.74 Å². The lowest BCUT2D eigenvalue weighted by atomic mass is 10.0. The predicted octanol–water partition coefficient (Wildman–Crippen LogP) is 5.68. The van der Waals surface area contributed by atoms with Crippen LogP contribution in [0.2, 0.25) is 0 Å². The first kappa shape index (κ1) is 24.1. The molecule has 2 aromatic heterocycles. The van der Waals surface area contributed by atoms with E-state index < -0.39 is 23.3 Å². The molecule has 0 unspecified atom stereocenters. The van der Waals surface area contributed by atoms with Crippen LogP contribution in [0.15, 0.2) is 89.0 Å². The van der Waals surface area contributed by atoms with Gasteiger partial charge in [0.2, 0.25) is 0 Å². The van der Waals surface area contributed by atoms with Crippen LogP contribution in [0.5, 0.6) is 0 Å².